The second-order valence-electron chi connectivity index (χ2n) is 5.02. The monoisotopic (exact) mass is 499 g/mol. The normalized spacial score (nSPS) is 11.2. The van der Waals surface area contributed by atoms with Crippen LogP contribution in [0.5, 0.6) is 0 Å². The quantitative estimate of drug-likeness (QED) is 0.523. The van der Waals surface area contributed by atoms with Crippen molar-refractivity contribution in [3.63, 3.8) is 0 Å². The van der Waals surface area contributed by atoms with Crippen molar-refractivity contribution >= 4 is 67.3 Å². The Morgan fingerprint density at radius 1 is 1.43 bits per heavy atom. The Labute approximate surface area is 156 Å². The van der Waals surface area contributed by atoms with Gasteiger partial charge < -0.3 is 5.32 Å². The number of nitrogens with zero attached hydrogens (tertiary/aromatic N) is 2. The molecule has 7 heteroatoms. The SMILES string of the molecule is CCNc1nc(-c2cc(Br)c(Cl)s2)nc(CC(C)C)c1I. The first-order valence-electron chi connectivity index (χ1n) is 6.67. The van der Waals surface area contributed by atoms with Crippen LogP contribution in [0, 0.1) is 9.49 Å². The zero-order chi connectivity index (χ0) is 15.6. The molecule has 3 nitrogen and oxygen atoms in total. The fourth-order valence-electron chi connectivity index (χ4n) is 1.87. The Balaban J connectivity index is 2.52. The van der Waals surface area contributed by atoms with Gasteiger partial charge in [0.2, 0.25) is 0 Å². The summed E-state index contributed by atoms with van der Waals surface area (Å²) in [5.41, 5.74) is 1.09. The zero-order valence-corrected chi connectivity index (χ0v) is 17.3. The molecule has 0 bridgehead atoms. The van der Waals surface area contributed by atoms with Crippen LogP contribution in [0.3, 0.4) is 0 Å². The van der Waals surface area contributed by atoms with Gasteiger partial charge in [0.05, 0.1) is 14.1 Å². The number of nitrogens with one attached hydrogen (secondary N) is 1. The zero-order valence-electron chi connectivity index (χ0n) is 12.0. The minimum Gasteiger partial charge on any atom is -0.369 e. The highest BCUT2D eigenvalue weighted by Crippen LogP contribution is 2.37. The van der Waals surface area contributed by atoms with Crippen LogP contribution in [-0.2, 0) is 6.42 Å². The van der Waals surface area contributed by atoms with Gasteiger partial charge in [-0.25, -0.2) is 9.97 Å². The van der Waals surface area contributed by atoms with Crippen molar-refractivity contribution < 1.29 is 0 Å². The van der Waals surface area contributed by atoms with Crippen LogP contribution in [0.1, 0.15) is 26.5 Å². The van der Waals surface area contributed by atoms with E-state index in [4.69, 9.17) is 16.6 Å². The predicted octanol–water partition coefficient (Wildman–Crippen LogP) is 5.86. The molecular formula is C14H16BrClIN3S. The van der Waals surface area contributed by atoms with Crippen LogP contribution in [0.15, 0.2) is 10.5 Å². The van der Waals surface area contributed by atoms with E-state index in [1.807, 2.05) is 6.07 Å². The van der Waals surface area contributed by atoms with Gasteiger partial charge in [-0.2, -0.15) is 0 Å². The maximum Gasteiger partial charge on any atom is 0.172 e. The second-order valence-corrected chi connectivity index (χ2v) is 8.60. The highest BCUT2D eigenvalue weighted by Gasteiger charge is 2.16. The molecule has 1 N–H and O–H groups in total. The van der Waals surface area contributed by atoms with E-state index in [2.05, 4.69) is 69.6 Å². The van der Waals surface area contributed by atoms with Gasteiger partial charge in [-0.3, -0.25) is 0 Å². The van der Waals surface area contributed by atoms with E-state index in [0.717, 1.165) is 47.6 Å². The fraction of sp³-hybridized carbons (Fsp3) is 0.429. The second kappa shape index (κ2) is 7.57. The molecule has 2 aromatic rings. The molecule has 0 fully saturated rings. The van der Waals surface area contributed by atoms with Crippen molar-refractivity contribution in [2.75, 3.05) is 11.9 Å². The lowest BCUT2D eigenvalue weighted by Gasteiger charge is -2.13. The number of hydrogen-bond donors (Lipinski definition) is 1. The molecule has 21 heavy (non-hydrogen) atoms. The summed E-state index contributed by atoms with van der Waals surface area (Å²) in [7, 11) is 0. The largest absolute Gasteiger partial charge is 0.369 e. The molecule has 0 saturated heterocycles. The number of rotatable bonds is 5. The molecule has 2 rings (SSSR count). The molecule has 114 valence electrons. The third-order valence-electron chi connectivity index (χ3n) is 2.73. The summed E-state index contributed by atoms with van der Waals surface area (Å²) in [6, 6.07) is 1.98. The fourth-order valence-corrected chi connectivity index (χ4v) is 4.16. The van der Waals surface area contributed by atoms with Gasteiger partial charge in [-0.15, -0.1) is 11.3 Å². The van der Waals surface area contributed by atoms with Crippen molar-refractivity contribution in [3.05, 3.63) is 24.1 Å². The molecule has 0 amide bonds. The molecule has 0 spiro atoms. The van der Waals surface area contributed by atoms with Crippen LogP contribution >= 0.6 is 61.5 Å². The Hall–Kier alpha value is 0.0800. The van der Waals surface area contributed by atoms with Crippen molar-refractivity contribution in [3.8, 4) is 10.7 Å². The van der Waals surface area contributed by atoms with Gasteiger partial charge in [0.1, 0.15) is 10.2 Å². The van der Waals surface area contributed by atoms with E-state index < -0.39 is 0 Å². The number of anilines is 1. The highest BCUT2D eigenvalue weighted by atomic mass is 127. The molecular weight excluding hydrogens is 485 g/mol. The van der Waals surface area contributed by atoms with E-state index in [0.29, 0.717) is 5.92 Å². The molecule has 0 saturated carbocycles. The lowest BCUT2D eigenvalue weighted by atomic mass is 10.1. The molecule has 2 heterocycles. The summed E-state index contributed by atoms with van der Waals surface area (Å²) in [5, 5.41) is 3.32. The summed E-state index contributed by atoms with van der Waals surface area (Å²) < 4.78 is 2.72. The molecule has 0 aromatic carbocycles. The van der Waals surface area contributed by atoms with E-state index in [9.17, 15) is 0 Å². The third kappa shape index (κ3) is 4.30. The molecule has 0 unspecified atom stereocenters. The predicted molar refractivity (Wildman–Crippen MR) is 103 cm³/mol. The molecule has 0 aliphatic heterocycles. The first-order valence-corrected chi connectivity index (χ1v) is 9.74. The third-order valence-corrected chi connectivity index (χ3v) is 6.34. The molecule has 0 aliphatic rings. The molecule has 0 atom stereocenters. The maximum atomic E-state index is 6.13. The number of halogens is 3. The molecule has 0 radical (unpaired) electrons. The maximum absolute atomic E-state index is 6.13. The Morgan fingerprint density at radius 3 is 2.67 bits per heavy atom. The summed E-state index contributed by atoms with van der Waals surface area (Å²) in [5.74, 6) is 2.19. The van der Waals surface area contributed by atoms with Crippen LogP contribution in [0.4, 0.5) is 5.82 Å². The van der Waals surface area contributed by atoms with E-state index in [1.54, 1.807) is 0 Å². The van der Waals surface area contributed by atoms with Crippen molar-refractivity contribution in [1.29, 1.82) is 0 Å². The van der Waals surface area contributed by atoms with Crippen LogP contribution in [-0.4, -0.2) is 16.5 Å². The van der Waals surface area contributed by atoms with Gasteiger partial charge in [0, 0.05) is 11.0 Å². The average molecular weight is 501 g/mol. The van der Waals surface area contributed by atoms with Crippen LogP contribution in [0.2, 0.25) is 4.34 Å². The van der Waals surface area contributed by atoms with Gasteiger partial charge in [0.15, 0.2) is 5.82 Å². The number of thiophene rings is 1. The summed E-state index contributed by atoms with van der Waals surface area (Å²) in [6.45, 7) is 7.30. The Morgan fingerprint density at radius 2 is 2.14 bits per heavy atom. The van der Waals surface area contributed by atoms with Crippen molar-refractivity contribution in [1.82, 2.24) is 9.97 Å². The summed E-state index contributed by atoms with van der Waals surface area (Å²) in [6.07, 6.45) is 0.937. The van der Waals surface area contributed by atoms with E-state index >= 15 is 0 Å². The molecule has 2 aromatic heterocycles. The van der Waals surface area contributed by atoms with Gasteiger partial charge in [0.25, 0.3) is 0 Å². The Kier molecular flexibility index (Phi) is 6.28. The first kappa shape index (κ1) is 17.4. The standard InChI is InChI=1S/C14H16BrClIN3S/c1-4-18-14-11(17)9(5-7(2)3)19-13(20-14)10-6-8(15)12(16)21-10/h6-7H,4-5H2,1-3H3,(H,18,19,20). The number of hydrogen-bond acceptors (Lipinski definition) is 4. The lowest BCUT2D eigenvalue weighted by Crippen LogP contribution is -2.09. The minimum absolute atomic E-state index is 0.550. The van der Waals surface area contributed by atoms with E-state index in [-0.39, 0.29) is 0 Å². The van der Waals surface area contributed by atoms with Crippen molar-refractivity contribution in [2.45, 2.75) is 27.2 Å². The topological polar surface area (TPSA) is 37.8 Å². The smallest absolute Gasteiger partial charge is 0.172 e. The molecule has 0 aliphatic carbocycles. The van der Waals surface area contributed by atoms with Gasteiger partial charge >= 0.3 is 0 Å². The summed E-state index contributed by atoms with van der Waals surface area (Å²) in [4.78, 5) is 10.4. The van der Waals surface area contributed by atoms with Crippen molar-refractivity contribution in [2.24, 2.45) is 5.92 Å². The lowest BCUT2D eigenvalue weighted by molar-refractivity contribution is 0.632. The van der Waals surface area contributed by atoms with Crippen LogP contribution < -0.4 is 5.32 Å². The van der Waals surface area contributed by atoms with Gasteiger partial charge in [-0.1, -0.05) is 25.4 Å². The summed E-state index contributed by atoms with van der Waals surface area (Å²) >= 11 is 13.4. The van der Waals surface area contributed by atoms with Gasteiger partial charge in [-0.05, 0) is 63.8 Å². The minimum atomic E-state index is 0.550. The first-order chi connectivity index (χ1) is 9.92. The van der Waals surface area contributed by atoms with E-state index in [1.165, 1.54) is 11.3 Å². The van der Waals surface area contributed by atoms with Crippen LogP contribution in [0.25, 0.3) is 10.7 Å². The number of aromatic nitrogens is 2. The average Bonchev–Trinajstić information content (AvgIpc) is 2.74. The highest BCUT2D eigenvalue weighted by molar-refractivity contribution is 14.1. The Bertz CT molecular complexity index is 626.